The molecule has 0 aromatic heterocycles. The third kappa shape index (κ3) is 2.46. The number of benzene rings is 1. The van der Waals surface area contributed by atoms with Crippen LogP contribution in [-0.4, -0.2) is 30.4 Å². The Bertz CT molecular complexity index is 435. The van der Waals surface area contributed by atoms with Gasteiger partial charge in [-0.1, -0.05) is 36.4 Å². The fourth-order valence-corrected chi connectivity index (χ4v) is 2.36. The number of nitrogens with one attached hydrogen (secondary N) is 1. The van der Waals surface area contributed by atoms with E-state index in [9.17, 15) is 4.79 Å². The lowest BCUT2D eigenvalue weighted by Gasteiger charge is -2.23. The molecule has 1 amide bonds. The number of rotatable bonds is 4. The summed E-state index contributed by atoms with van der Waals surface area (Å²) in [4.78, 5) is 14.3. The van der Waals surface area contributed by atoms with Crippen LogP contribution >= 0.6 is 0 Å². The number of nitrogens with zero attached hydrogens (tertiary/aromatic N) is 1. The van der Waals surface area contributed by atoms with Gasteiger partial charge in [-0.15, -0.1) is 0 Å². The van der Waals surface area contributed by atoms with Crippen LogP contribution in [0.2, 0.25) is 0 Å². The van der Waals surface area contributed by atoms with Crippen molar-refractivity contribution in [3.63, 3.8) is 0 Å². The van der Waals surface area contributed by atoms with Crippen LogP contribution in [0.3, 0.4) is 0 Å². The van der Waals surface area contributed by atoms with Crippen molar-refractivity contribution in [2.75, 3.05) is 19.6 Å². The number of carbonyl (C=O) groups excluding carboxylic acids is 1. The second kappa shape index (κ2) is 5.83. The van der Waals surface area contributed by atoms with Gasteiger partial charge in [-0.3, -0.25) is 4.79 Å². The molecule has 1 N–H and O–H groups in total. The molecular formula is C15H20N2O. The fraction of sp³-hybridized carbons (Fsp3) is 0.400. The topological polar surface area (TPSA) is 32.3 Å². The Kier molecular flexibility index (Phi) is 4.15. The van der Waals surface area contributed by atoms with Crippen molar-refractivity contribution in [1.82, 2.24) is 10.2 Å². The van der Waals surface area contributed by atoms with Gasteiger partial charge >= 0.3 is 0 Å². The number of carbonyl (C=O) groups is 1. The van der Waals surface area contributed by atoms with Gasteiger partial charge in [0.05, 0.1) is 6.04 Å². The summed E-state index contributed by atoms with van der Waals surface area (Å²) in [6, 6.07) is 10.2. The molecule has 1 aliphatic heterocycles. The molecule has 96 valence electrons. The summed E-state index contributed by atoms with van der Waals surface area (Å²) in [7, 11) is 0. The Morgan fingerprint density at radius 1 is 1.28 bits per heavy atom. The number of hydrogen-bond donors (Lipinski definition) is 1. The van der Waals surface area contributed by atoms with Crippen LogP contribution < -0.4 is 5.32 Å². The van der Waals surface area contributed by atoms with Crippen LogP contribution in [0.25, 0.3) is 0 Å². The van der Waals surface area contributed by atoms with Crippen molar-refractivity contribution >= 4 is 5.91 Å². The maximum absolute atomic E-state index is 12.4. The maximum atomic E-state index is 12.4. The number of amides is 1. The molecule has 1 aromatic carbocycles. The van der Waals surface area contributed by atoms with Crippen LogP contribution in [0.5, 0.6) is 0 Å². The van der Waals surface area contributed by atoms with E-state index in [1.54, 1.807) is 0 Å². The zero-order valence-corrected chi connectivity index (χ0v) is 11.0. The van der Waals surface area contributed by atoms with Crippen molar-refractivity contribution < 1.29 is 4.79 Å². The average Bonchev–Trinajstić information content (AvgIpc) is 2.90. The van der Waals surface area contributed by atoms with Crippen molar-refractivity contribution in [2.24, 2.45) is 0 Å². The van der Waals surface area contributed by atoms with Gasteiger partial charge in [0.25, 0.3) is 5.91 Å². The van der Waals surface area contributed by atoms with Gasteiger partial charge in [0.15, 0.2) is 0 Å². The fourth-order valence-electron chi connectivity index (χ4n) is 2.36. The first kappa shape index (κ1) is 12.8. The molecule has 2 rings (SSSR count). The van der Waals surface area contributed by atoms with Gasteiger partial charge in [-0.05, 0) is 19.4 Å². The standard InChI is InChI=1S/C15H20N2O/c1-3-17(4-2)15(18)13-10-11-16-14(13)12-8-6-5-7-9-12/h5-10,14,16H,3-4,11H2,1-2H3. The highest BCUT2D eigenvalue weighted by atomic mass is 16.2. The van der Waals surface area contributed by atoms with E-state index in [1.807, 2.05) is 43.0 Å². The quantitative estimate of drug-likeness (QED) is 0.880. The second-order valence-electron chi connectivity index (χ2n) is 4.39. The summed E-state index contributed by atoms with van der Waals surface area (Å²) in [5.41, 5.74) is 2.03. The maximum Gasteiger partial charge on any atom is 0.251 e. The molecule has 0 aliphatic carbocycles. The van der Waals surface area contributed by atoms with Crippen LogP contribution in [-0.2, 0) is 4.79 Å². The van der Waals surface area contributed by atoms with Gasteiger partial charge in [-0.2, -0.15) is 0 Å². The Labute approximate surface area is 108 Å². The molecule has 3 nitrogen and oxygen atoms in total. The Morgan fingerprint density at radius 3 is 2.56 bits per heavy atom. The molecule has 18 heavy (non-hydrogen) atoms. The van der Waals surface area contributed by atoms with Crippen LogP contribution in [0.15, 0.2) is 42.0 Å². The highest BCUT2D eigenvalue weighted by Gasteiger charge is 2.27. The lowest BCUT2D eigenvalue weighted by atomic mass is 10.00. The molecule has 0 bridgehead atoms. The van der Waals surface area contributed by atoms with E-state index in [2.05, 4.69) is 17.4 Å². The number of hydrogen-bond acceptors (Lipinski definition) is 2. The van der Waals surface area contributed by atoms with E-state index >= 15 is 0 Å². The van der Waals surface area contributed by atoms with E-state index in [1.165, 1.54) is 0 Å². The lowest BCUT2D eigenvalue weighted by Crippen LogP contribution is -2.34. The first-order chi connectivity index (χ1) is 8.77. The monoisotopic (exact) mass is 244 g/mol. The Morgan fingerprint density at radius 2 is 1.94 bits per heavy atom. The van der Waals surface area contributed by atoms with E-state index in [4.69, 9.17) is 0 Å². The predicted molar refractivity (Wildman–Crippen MR) is 73.2 cm³/mol. The molecular weight excluding hydrogens is 224 g/mol. The normalized spacial score (nSPS) is 18.6. The van der Waals surface area contributed by atoms with E-state index in [0.717, 1.165) is 30.8 Å². The molecule has 0 spiro atoms. The van der Waals surface area contributed by atoms with Crippen molar-refractivity contribution in [3.8, 4) is 0 Å². The molecule has 0 saturated carbocycles. The summed E-state index contributed by atoms with van der Waals surface area (Å²) in [5, 5.41) is 3.37. The number of likely N-dealkylation sites (N-methyl/N-ethyl adjacent to an activating group) is 1. The molecule has 3 heteroatoms. The molecule has 0 saturated heterocycles. The van der Waals surface area contributed by atoms with E-state index < -0.39 is 0 Å². The van der Waals surface area contributed by atoms with Crippen molar-refractivity contribution in [3.05, 3.63) is 47.5 Å². The largest absolute Gasteiger partial charge is 0.339 e. The zero-order chi connectivity index (χ0) is 13.0. The van der Waals surface area contributed by atoms with Gasteiger partial charge in [0.1, 0.15) is 0 Å². The smallest absolute Gasteiger partial charge is 0.251 e. The summed E-state index contributed by atoms with van der Waals surface area (Å²) in [6.07, 6.45) is 2.01. The van der Waals surface area contributed by atoms with E-state index in [0.29, 0.717) is 0 Å². The van der Waals surface area contributed by atoms with Crippen LogP contribution in [0, 0.1) is 0 Å². The highest BCUT2D eigenvalue weighted by Crippen LogP contribution is 2.26. The second-order valence-corrected chi connectivity index (χ2v) is 4.39. The van der Waals surface area contributed by atoms with E-state index in [-0.39, 0.29) is 11.9 Å². The van der Waals surface area contributed by atoms with Crippen molar-refractivity contribution in [1.29, 1.82) is 0 Å². The SMILES string of the molecule is CCN(CC)C(=O)C1=CCNC1c1ccccc1. The third-order valence-corrected chi connectivity index (χ3v) is 3.39. The molecule has 0 radical (unpaired) electrons. The minimum atomic E-state index is 0.0410. The molecule has 1 atom stereocenters. The summed E-state index contributed by atoms with van der Waals surface area (Å²) in [6.45, 7) is 6.31. The van der Waals surface area contributed by atoms with Gasteiger partial charge in [-0.25, -0.2) is 0 Å². The molecule has 1 heterocycles. The Balaban J connectivity index is 2.20. The summed E-state index contributed by atoms with van der Waals surface area (Å²) < 4.78 is 0. The van der Waals surface area contributed by atoms with Crippen LogP contribution in [0.4, 0.5) is 0 Å². The molecule has 1 unspecified atom stereocenters. The van der Waals surface area contributed by atoms with Gasteiger partial charge in [0.2, 0.25) is 0 Å². The average molecular weight is 244 g/mol. The highest BCUT2D eigenvalue weighted by molar-refractivity contribution is 5.95. The molecule has 0 fully saturated rings. The summed E-state index contributed by atoms with van der Waals surface area (Å²) in [5.74, 6) is 0.152. The molecule has 1 aliphatic rings. The first-order valence-corrected chi connectivity index (χ1v) is 6.55. The van der Waals surface area contributed by atoms with Gasteiger partial charge in [0, 0.05) is 25.2 Å². The lowest BCUT2D eigenvalue weighted by molar-refractivity contribution is -0.127. The first-order valence-electron chi connectivity index (χ1n) is 6.55. The van der Waals surface area contributed by atoms with Crippen LogP contribution in [0.1, 0.15) is 25.5 Å². The minimum Gasteiger partial charge on any atom is -0.339 e. The minimum absolute atomic E-state index is 0.0410. The Hall–Kier alpha value is -1.61. The molecule has 1 aromatic rings. The summed E-state index contributed by atoms with van der Waals surface area (Å²) >= 11 is 0. The third-order valence-electron chi connectivity index (χ3n) is 3.39. The van der Waals surface area contributed by atoms with Gasteiger partial charge < -0.3 is 10.2 Å². The predicted octanol–water partition coefficient (Wildman–Crippen LogP) is 2.13. The zero-order valence-electron chi connectivity index (χ0n) is 11.0. The van der Waals surface area contributed by atoms with Crippen molar-refractivity contribution in [2.45, 2.75) is 19.9 Å².